The van der Waals surface area contributed by atoms with Crippen LogP contribution < -0.4 is 9.47 Å². The third-order valence-corrected chi connectivity index (χ3v) is 3.36. The van der Waals surface area contributed by atoms with Crippen molar-refractivity contribution in [1.29, 1.82) is 0 Å². The van der Waals surface area contributed by atoms with Crippen LogP contribution in [-0.4, -0.2) is 22.3 Å². The molecule has 138 valence electrons. The average molecular weight is 366 g/mol. The molecule has 3 rings (SSSR count). The zero-order chi connectivity index (χ0) is 19.6. The zero-order valence-corrected chi connectivity index (χ0v) is 14.5. The molecule has 0 heterocycles. The molecule has 0 saturated carbocycles. The summed E-state index contributed by atoms with van der Waals surface area (Å²) in [7, 11) is 0. The maximum atomic E-state index is 11.3. The molecule has 0 bridgehead atoms. The van der Waals surface area contributed by atoms with Gasteiger partial charge in [-0.25, -0.2) is 9.59 Å². The van der Waals surface area contributed by atoms with Crippen molar-refractivity contribution in [3.63, 3.8) is 0 Å². The van der Waals surface area contributed by atoms with Crippen molar-refractivity contribution in [2.75, 3.05) is 0 Å². The van der Waals surface area contributed by atoms with E-state index in [0.717, 1.165) is 0 Å². The number of rotatable bonds is 3. The molecule has 0 aliphatic rings. The average Bonchev–Trinajstić information content (AvgIpc) is 2.66. The van der Waals surface area contributed by atoms with Crippen LogP contribution in [0.25, 0.3) is 0 Å². The Morgan fingerprint density at radius 2 is 1.22 bits per heavy atom. The quantitative estimate of drug-likeness (QED) is 0.517. The van der Waals surface area contributed by atoms with E-state index in [0.29, 0.717) is 17.1 Å². The van der Waals surface area contributed by atoms with Gasteiger partial charge in [0.25, 0.3) is 0 Å². The minimum absolute atomic E-state index is 0.0509. The minimum Gasteiger partial charge on any atom is -0.507 e. The summed E-state index contributed by atoms with van der Waals surface area (Å²) in [6.07, 6.45) is -0.739. The van der Waals surface area contributed by atoms with E-state index in [9.17, 15) is 14.7 Å². The molecule has 0 spiro atoms. The Hall–Kier alpha value is -3.80. The van der Waals surface area contributed by atoms with Gasteiger partial charge in [-0.2, -0.15) is 0 Å². The molecule has 3 aromatic carbocycles. The van der Waals surface area contributed by atoms with Crippen molar-refractivity contribution in [2.45, 2.75) is 6.92 Å². The highest BCUT2D eigenvalue weighted by Gasteiger charge is 2.09. The van der Waals surface area contributed by atoms with E-state index in [1.807, 2.05) is 12.1 Å². The Balaban J connectivity index is 0.000000208. The molecule has 0 atom stereocenters. The Morgan fingerprint density at radius 1 is 0.741 bits per heavy atom. The third-order valence-electron chi connectivity index (χ3n) is 3.36. The standard InChI is InChI=1S/C13H10O3.C8H8O3/c14-13(15-11-7-3-1-4-8-11)16-12-9-5-2-6-10-12;1-5-3-2-4-6(7(5)9)8(10)11/h1-10H;2-4,9H,1H3,(H,10,11). The molecule has 0 fully saturated rings. The van der Waals surface area contributed by atoms with Crippen LogP contribution in [0.3, 0.4) is 0 Å². The number of aromatic carboxylic acids is 1. The highest BCUT2D eigenvalue weighted by atomic mass is 16.7. The van der Waals surface area contributed by atoms with Crippen molar-refractivity contribution in [2.24, 2.45) is 0 Å². The Labute approximate surface area is 156 Å². The second-order valence-electron chi connectivity index (χ2n) is 5.36. The van der Waals surface area contributed by atoms with Crippen molar-refractivity contribution < 1.29 is 29.3 Å². The molecule has 0 saturated heterocycles. The van der Waals surface area contributed by atoms with Crippen LogP contribution in [0.4, 0.5) is 4.79 Å². The number of phenols is 1. The maximum absolute atomic E-state index is 11.3. The number of aryl methyl sites for hydroxylation is 1. The topological polar surface area (TPSA) is 93.1 Å². The van der Waals surface area contributed by atoms with Crippen LogP contribution in [0.15, 0.2) is 78.9 Å². The maximum Gasteiger partial charge on any atom is 0.519 e. The molecule has 0 aromatic heterocycles. The summed E-state index contributed by atoms with van der Waals surface area (Å²) in [5.41, 5.74) is 0.523. The summed E-state index contributed by atoms with van der Waals surface area (Å²) < 4.78 is 9.91. The van der Waals surface area contributed by atoms with Crippen molar-refractivity contribution in [3.05, 3.63) is 90.0 Å². The van der Waals surface area contributed by atoms with Gasteiger partial charge in [-0.3, -0.25) is 0 Å². The van der Waals surface area contributed by atoms with Gasteiger partial charge in [-0.05, 0) is 42.8 Å². The summed E-state index contributed by atoms with van der Waals surface area (Å²) in [5, 5.41) is 17.7. The van der Waals surface area contributed by atoms with Gasteiger partial charge in [-0.15, -0.1) is 0 Å². The number of hydrogen-bond donors (Lipinski definition) is 2. The van der Waals surface area contributed by atoms with Crippen LogP contribution in [0.2, 0.25) is 0 Å². The van der Waals surface area contributed by atoms with Gasteiger partial charge in [0.15, 0.2) is 0 Å². The Kier molecular flexibility index (Phi) is 6.96. The molecule has 0 aliphatic heterocycles. The zero-order valence-electron chi connectivity index (χ0n) is 14.5. The van der Waals surface area contributed by atoms with E-state index in [2.05, 4.69) is 0 Å². The largest absolute Gasteiger partial charge is 0.519 e. The smallest absolute Gasteiger partial charge is 0.507 e. The molecule has 6 nitrogen and oxygen atoms in total. The van der Waals surface area contributed by atoms with E-state index in [-0.39, 0.29) is 11.3 Å². The van der Waals surface area contributed by atoms with Gasteiger partial charge in [0.1, 0.15) is 22.8 Å². The lowest BCUT2D eigenvalue weighted by Gasteiger charge is -2.04. The lowest BCUT2D eigenvalue weighted by atomic mass is 10.1. The molecule has 27 heavy (non-hydrogen) atoms. The van der Waals surface area contributed by atoms with Gasteiger partial charge >= 0.3 is 12.1 Å². The summed E-state index contributed by atoms with van der Waals surface area (Å²) in [4.78, 5) is 21.8. The molecule has 0 aliphatic carbocycles. The highest BCUT2D eigenvalue weighted by Crippen LogP contribution is 2.20. The second-order valence-corrected chi connectivity index (χ2v) is 5.36. The first-order chi connectivity index (χ1) is 13.0. The highest BCUT2D eigenvalue weighted by molar-refractivity contribution is 5.91. The molecular formula is C21H18O6. The fourth-order valence-corrected chi connectivity index (χ4v) is 2.02. The first-order valence-corrected chi connectivity index (χ1v) is 7.99. The van der Waals surface area contributed by atoms with Crippen LogP contribution in [0.1, 0.15) is 15.9 Å². The lowest BCUT2D eigenvalue weighted by molar-refractivity contribution is 0.0693. The van der Waals surface area contributed by atoms with E-state index < -0.39 is 12.1 Å². The van der Waals surface area contributed by atoms with Gasteiger partial charge < -0.3 is 19.7 Å². The number of carboxylic acid groups (broad SMARTS) is 1. The fourth-order valence-electron chi connectivity index (χ4n) is 2.02. The number of carboxylic acids is 1. The van der Waals surface area contributed by atoms with Crippen LogP contribution in [0, 0.1) is 6.92 Å². The Bertz CT molecular complexity index is 848. The summed E-state index contributed by atoms with van der Waals surface area (Å²) in [6, 6.07) is 22.2. The van der Waals surface area contributed by atoms with Crippen molar-refractivity contribution in [1.82, 2.24) is 0 Å². The predicted octanol–water partition coefficient (Wildman–Crippen LogP) is 4.66. The number of ether oxygens (including phenoxy) is 2. The summed E-state index contributed by atoms with van der Waals surface area (Å²) in [6.45, 7) is 1.65. The summed E-state index contributed by atoms with van der Waals surface area (Å²) in [5.74, 6) is -0.335. The minimum atomic E-state index is -1.11. The molecular weight excluding hydrogens is 348 g/mol. The number of carbonyl (C=O) groups excluding carboxylic acids is 1. The van der Waals surface area contributed by atoms with Gasteiger partial charge in [0.2, 0.25) is 0 Å². The number of benzene rings is 3. The molecule has 0 unspecified atom stereocenters. The first kappa shape index (κ1) is 19.5. The van der Waals surface area contributed by atoms with E-state index >= 15 is 0 Å². The predicted molar refractivity (Wildman–Crippen MR) is 99.3 cm³/mol. The van der Waals surface area contributed by atoms with Crippen molar-refractivity contribution in [3.8, 4) is 17.2 Å². The molecule has 3 aromatic rings. The van der Waals surface area contributed by atoms with Crippen LogP contribution in [0.5, 0.6) is 17.2 Å². The third kappa shape index (κ3) is 6.21. The first-order valence-electron chi connectivity index (χ1n) is 7.99. The summed E-state index contributed by atoms with van der Waals surface area (Å²) >= 11 is 0. The number of hydrogen-bond acceptors (Lipinski definition) is 5. The van der Waals surface area contributed by atoms with Crippen LogP contribution in [-0.2, 0) is 0 Å². The normalized spacial score (nSPS) is 9.52. The molecule has 0 amide bonds. The molecule has 6 heteroatoms. The molecule has 0 radical (unpaired) electrons. The SMILES string of the molecule is Cc1cccc(C(=O)O)c1O.O=C(Oc1ccccc1)Oc1ccccc1. The van der Waals surface area contributed by atoms with E-state index in [1.165, 1.54) is 6.07 Å². The number of aromatic hydroxyl groups is 1. The second kappa shape index (κ2) is 9.62. The van der Waals surface area contributed by atoms with Crippen LogP contribution >= 0.6 is 0 Å². The lowest BCUT2D eigenvalue weighted by Crippen LogP contribution is -2.13. The van der Waals surface area contributed by atoms with Gasteiger partial charge in [0, 0.05) is 0 Å². The van der Waals surface area contributed by atoms with Gasteiger partial charge in [0.05, 0.1) is 0 Å². The number of carbonyl (C=O) groups is 2. The monoisotopic (exact) mass is 366 g/mol. The van der Waals surface area contributed by atoms with E-state index in [4.69, 9.17) is 14.6 Å². The van der Waals surface area contributed by atoms with Crippen molar-refractivity contribution >= 4 is 12.1 Å². The molecule has 2 N–H and O–H groups in total. The van der Waals surface area contributed by atoms with E-state index in [1.54, 1.807) is 67.6 Å². The van der Waals surface area contributed by atoms with Gasteiger partial charge in [-0.1, -0.05) is 48.5 Å². The number of para-hydroxylation sites is 3. The Morgan fingerprint density at radius 3 is 1.63 bits per heavy atom. The fraction of sp³-hybridized carbons (Fsp3) is 0.0476.